The summed E-state index contributed by atoms with van der Waals surface area (Å²) in [4.78, 5) is 38.9. The van der Waals surface area contributed by atoms with Crippen molar-refractivity contribution in [1.82, 2.24) is 10.2 Å². The average molecular weight is 449 g/mol. The molecule has 1 aliphatic heterocycles. The van der Waals surface area contributed by atoms with E-state index in [2.05, 4.69) is 10.6 Å². The molecule has 1 aromatic heterocycles. The maximum atomic E-state index is 13.6. The molecule has 1 atom stereocenters. The summed E-state index contributed by atoms with van der Waals surface area (Å²) in [5, 5.41) is 5.34. The molecule has 1 aromatic carbocycles. The zero-order chi connectivity index (χ0) is 22.8. The summed E-state index contributed by atoms with van der Waals surface area (Å²) in [6, 6.07) is 6.45. The Balaban J connectivity index is 1.73. The molecule has 166 valence electrons. The molecule has 0 unspecified atom stereocenters. The minimum atomic E-state index is -0.811. The third kappa shape index (κ3) is 5.94. The van der Waals surface area contributed by atoms with Gasteiger partial charge in [-0.15, -0.1) is 11.3 Å². The molecule has 2 heterocycles. The number of anilines is 1. The van der Waals surface area contributed by atoms with E-state index in [1.807, 2.05) is 0 Å². The van der Waals surface area contributed by atoms with Crippen LogP contribution in [-0.4, -0.2) is 47.7 Å². The van der Waals surface area contributed by atoms with E-state index in [1.165, 1.54) is 12.1 Å². The van der Waals surface area contributed by atoms with Crippen molar-refractivity contribution in [3.8, 4) is 10.4 Å². The zero-order valence-corrected chi connectivity index (χ0v) is 18.3. The highest BCUT2D eigenvalue weighted by Crippen LogP contribution is 2.35. The molecule has 3 rings (SSSR count). The van der Waals surface area contributed by atoms with Crippen LogP contribution in [0, 0.1) is 5.82 Å². The number of ether oxygens (including phenoxy) is 1. The lowest BCUT2D eigenvalue weighted by atomic mass is 10.2. The molecule has 0 bridgehead atoms. The number of thiophene rings is 1. The number of nitrogens with two attached hydrogens (primary N) is 1. The van der Waals surface area contributed by atoms with Gasteiger partial charge in [0.05, 0.1) is 5.69 Å². The number of primary amides is 1. The molecule has 4 N–H and O–H groups in total. The third-order valence-corrected chi connectivity index (χ3v) is 5.66. The Morgan fingerprint density at radius 3 is 2.65 bits per heavy atom. The van der Waals surface area contributed by atoms with Gasteiger partial charge in [0.1, 0.15) is 16.3 Å². The molecule has 4 amide bonds. The average Bonchev–Trinajstić information content (AvgIpc) is 3.27. The smallest absolute Gasteiger partial charge is 0.410 e. The van der Waals surface area contributed by atoms with Crippen molar-refractivity contribution < 1.29 is 23.5 Å². The summed E-state index contributed by atoms with van der Waals surface area (Å²) in [5.74, 6) is -0.818. The van der Waals surface area contributed by atoms with Gasteiger partial charge in [-0.25, -0.2) is 14.0 Å². The Labute approximate surface area is 183 Å². The Morgan fingerprint density at radius 1 is 1.26 bits per heavy atom. The minimum Gasteiger partial charge on any atom is -0.444 e. The molecule has 1 aliphatic rings. The Hall–Kier alpha value is -3.14. The van der Waals surface area contributed by atoms with Gasteiger partial charge in [0.25, 0.3) is 5.91 Å². The molecule has 1 fully saturated rings. The van der Waals surface area contributed by atoms with E-state index in [-0.39, 0.29) is 16.6 Å². The van der Waals surface area contributed by atoms with Crippen LogP contribution in [0.5, 0.6) is 0 Å². The highest BCUT2D eigenvalue weighted by molar-refractivity contribution is 7.18. The number of hydrogen-bond acceptors (Lipinski definition) is 5. The maximum absolute atomic E-state index is 13.6. The van der Waals surface area contributed by atoms with Gasteiger partial charge in [-0.05, 0) is 51.0 Å². The summed E-state index contributed by atoms with van der Waals surface area (Å²) in [6.45, 7) is 6.16. The minimum absolute atomic E-state index is 0.244. The van der Waals surface area contributed by atoms with E-state index in [4.69, 9.17) is 10.5 Å². The standard InChI is InChI=1S/C21H25FN4O4S/c1-21(2,3)30-20(29)26-8-7-14(11-26)24-18(27)17-15(25-19(23)28)10-16(31-17)12-5-4-6-13(22)9-12/h4-6,9-10,14H,7-8,11H2,1-3H3,(H,24,27)(H3,23,25,28)/t14-/m0/s1. The molecule has 10 heteroatoms. The number of likely N-dealkylation sites (tertiary alicyclic amines) is 1. The topological polar surface area (TPSA) is 114 Å². The fourth-order valence-electron chi connectivity index (χ4n) is 3.19. The first-order chi connectivity index (χ1) is 14.5. The first-order valence-corrected chi connectivity index (χ1v) is 10.6. The number of hydrogen-bond donors (Lipinski definition) is 3. The van der Waals surface area contributed by atoms with Crippen LogP contribution >= 0.6 is 11.3 Å². The SMILES string of the molecule is CC(C)(C)OC(=O)N1CC[C@H](NC(=O)c2sc(-c3cccc(F)c3)cc2NC(N)=O)C1. The summed E-state index contributed by atoms with van der Waals surface area (Å²) >= 11 is 1.12. The van der Waals surface area contributed by atoms with Crippen LogP contribution < -0.4 is 16.4 Å². The predicted molar refractivity (Wildman–Crippen MR) is 117 cm³/mol. The fourth-order valence-corrected chi connectivity index (χ4v) is 4.20. The summed E-state index contributed by atoms with van der Waals surface area (Å²) in [6.07, 6.45) is 0.149. The molecule has 0 aliphatic carbocycles. The second kappa shape index (κ2) is 8.93. The van der Waals surface area contributed by atoms with Crippen molar-refractivity contribution >= 4 is 35.1 Å². The van der Waals surface area contributed by atoms with Crippen molar-refractivity contribution in [3.63, 3.8) is 0 Å². The quantitative estimate of drug-likeness (QED) is 0.660. The Kier molecular flexibility index (Phi) is 6.49. The van der Waals surface area contributed by atoms with Gasteiger partial charge in [0.2, 0.25) is 0 Å². The van der Waals surface area contributed by atoms with Crippen LogP contribution in [0.25, 0.3) is 10.4 Å². The number of carbonyl (C=O) groups is 3. The number of urea groups is 1. The van der Waals surface area contributed by atoms with Crippen LogP contribution in [0.3, 0.4) is 0 Å². The van der Waals surface area contributed by atoms with Crippen LogP contribution in [0.15, 0.2) is 30.3 Å². The fraction of sp³-hybridized carbons (Fsp3) is 0.381. The summed E-state index contributed by atoms with van der Waals surface area (Å²) < 4.78 is 19.0. The number of carbonyl (C=O) groups excluding carboxylic acids is 3. The van der Waals surface area contributed by atoms with Crippen molar-refractivity contribution in [2.75, 3.05) is 18.4 Å². The number of amides is 4. The first kappa shape index (κ1) is 22.5. The van der Waals surface area contributed by atoms with Crippen LogP contribution in [-0.2, 0) is 4.74 Å². The van der Waals surface area contributed by atoms with Gasteiger partial charge in [-0.3, -0.25) is 4.79 Å². The third-order valence-electron chi connectivity index (χ3n) is 4.48. The van der Waals surface area contributed by atoms with Crippen LogP contribution in [0.4, 0.5) is 19.7 Å². The Morgan fingerprint density at radius 2 is 2.00 bits per heavy atom. The highest BCUT2D eigenvalue weighted by Gasteiger charge is 2.31. The maximum Gasteiger partial charge on any atom is 0.410 e. The van der Waals surface area contributed by atoms with E-state index in [1.54, 1.807) is 43.9 Å². The number of nitrogens with zero attached hydrogens (tertiary/aromatic N) is 1. The van der Waals surface area contributed by atoms with Gasteiger partial charge < -0.3 is 26.0 Å². The van der Waals surface area contributed by atoms with Gasteiger partial charge in [-0.1, -0.05) is 12.1 Å². The molecular weight excluding hydrogens is 423 g/mol. The zero-order valence-electron chi connectivity index (χ0n) is 17.5. The number of benzene rings is 1. The van der Waals surface area contributed by atoms with E-state index < -0.39 is 29.4 Å². The molecule has 8 nitrogen and oxygen atoms in total. The molecule has 0 saturated carbocycles. The van der Waals surface area contributed by atoms with Crippen LogP contribution in [0.1, 0.15) is 36.9 Å². The second-order valence-electron chi connectivity index (χ2n) is 8.24. The van der Waals surface area contributed by atoms with Gasteiger partial charge in [0.15, 0.2) is 0 Å². The van der Waals surface area contributed by atoms with Crippen LogP contribution in [0.2, 0.25) is 0 Å². The predicted octanol–water partition coefficient (Wildman–Crippen LogP) is 3.78. The molecule has 0 radical (unpaired) electrons. The van der Waals surface area contributed by atoms with E-state index >= 15 is 0 Å². The largest absolute Gasteiger partial charge is 0.444 e. The van der Waals surface area contributed by atoms with Crippen molar-refractivity contribution in [2.24, 2.45) is 5.73 Å². The molecule has 2 aromatic rings. The molecule has 31 heavy (non-hydrogen) atoms. The van der Waals surface area contributed by atoms with E-state index in [0.29, 0.717) is 30.0 Å². The Bertz CT molecular complexity index is 1000. The van der Waals surface area contributed by atoms with E-state index in [9.17, 15) is 18.8 Å². The second-order valence-corrected chi connectivity index (χ2v) is 9.29. The van der Waals surface area contributed by atoms with Gasteiger partial charge in [-0.2, -0.15) is 0 Å². The molecule has 0 spiro atoms. The number of halogens is 1. The number of rotatable bonds is 4. The number of nitrogens with one attached hydrogen (secondary N) is 2. The molecular formula is C21H25FN4O4S. The van der Waals surface area contributed by atoms with Gasteiger partial charge in [0, 0.05) is 24.0 Å². The van der Waals surface area contributed by atoms with Crippen molar-refractivity contribution in [3.05, 3.63) is 41.0 Å². The lowest BCUT2D eigenvalue weighted by Gasteiger charge is -2.24. The van der Waals surface area contributed by atoms with Gasteiger partial charge >= 0.3 is 12.1 Å². The first-order valence-electron chi connectivity index (χ1n) is 9.77. The highest BCUT2D eigenvalue weighted by atomic mass is 32.1. The monoisotopic (exact) mass is 448 g/mol. The normalized spacial score (nSPS) is 16.1. The van der Waals surface area contributed by atoms with E-state index in [0.717, 1.165) is 11.3 Å². The summed E-state index contributed by atoms with van der Waals surface area (Å²) in [7, 11) is 0. The summed E-state index contributed by atoms with van der Waals surface area (Å²) in [5.41, 5.74) is 5.46. The van der Waals surface area contributed by atoms with Crippen molar-refractivity contribution in [1.29, 1.82) is 0 Å². The van der Waals surface area contributed by atoms with Crippen molar-refractivity contribution in [2.45, 2.75) is 38.8 Å². The molecule has 1 saturated heterocycles. The lowest BCUT2D eigenvalue weighted by molar-refractivity contribution is 0.0290. The lowest BCUT2D eigenvalue weighted by Crippen LogP contribution is -2.40.